The van der Waals surface area contributed by atoms with Gasteiger partial charge in [0.2, 0.25) is 11.8 Å². The van der Waals surface area contributed by atoms with Gasteiger partial charge in [-0.15, -0.1) is 0 Å². The molecule has 4 rings (SSSR count). The number of anilines is 1. The molecule has 5 nitrogen and oxygen atoms in total. The van der Waals surface area contributed by atoms with Crippen molar-refractivity contribution in [1.82, 2.24) is 4.90 Å². The van der Waals surface area contributed by atoms with Gasteiger partial charge in [0.05, 0.1) is 24.0 Å². The molecular formula is C20H19ClN2O3. The Morgan fingerprint density at radius 1 is 1.31 bits per heavy atom. The minimum Gasteiger partial charge on any atom is -0.495 e. The molecule has 0 saturated carbocycles. The molecule has 2 heterocycles. The summed E-state index contributed by atoms with van der Waals surface area (Å²) in [5.41, 5.74) is 2.06. The molecule has 0 aromatic heterocycles. The Kier molecular flexibility index (Phi) is 4.11. The predicted molar refractivity (Wildman–Crippen MR) is 99.7 cm³/mol. The van der Waals surface area contributed by atoms with Crippen molar-refractivity contribution < 1.29 is 14.3 Å². The zero-order chi connectivity index (χ0) is 18.3. The Labute approximate surface area is 156 Å². The first kappa shape index (κ1) is 16.9. The molecule has 0 radical (unpaired) electrons. The number of amides is 2. The smallest absolute Gasteiger partial charge is 0.236 e. The molecule has 26 heavy (non-hydrogen) atoms. The number of nitrogens with zero attached hydrogens (tertiary/aromatic N) is 1. The fourth-order valence-corrected chi connectivity index (χ4v) is 4.19. The number of ether oxygens (including phenoxy) is 1. The van der Waals surface area contributed by atoms with Gasteiger partial charge in [0, 0.05) is 18.8 Å². The summed E-state index contributed by atoms with van der Waals surface area (Å²) in [6.07, 6.45) is 0.897. The lowest BCUT2D eigenvalue weighted by Gasteiger charge is -2.22. The lowest BCUT2D eigenvalue weighted by molar-refractivity contribution is -0.129. The number of halogens is 1. The fraction of sp³-hybridized carbons (Fsp3) is 0.300. The summed E-state index contributed by atoms with van der Waals surface area (Å²) in [5.74, 6) is 0.573. The summed E-state index contributed by atoms with van der Waals surface area (Å²) in [7, 11) is 1.56. The Balaban J connectivity index is 1.51. The molecule has 2 aliphatic rings. The van der Waals surface area contributed by atoms with Crippen molar-refractivity contribution >= 4 is 29.1 Å². The fourth-order valence-electron chi connectivity index (χ4n) is 3.91. The second-order valence-electron chi connectivity index (χ2n) is 6.79. The van der Waals surface area contributed by atoms with E-state index in [4.69, 9.17) is 16.3 Å². The summed E-state index contributed by atoms with van der Waals surface area (Å²) < 4.78 is 5.14. The van der Waals surface area contributed by atoms with Crippen LogP contribution in [0, 0.1) is 0 Å². The molecule has 1 N–H and O–H groups in total. The van der Waals surface area contributed by atoms with Crippen LogP contribution in [0.3, 0.4) is 0 Å². The standard InChI is InChI=1S/C20H19ClN2O3/c1-26-17-7-6-13(10-15(17)21)11-18(24)23-9-8-20(12-23)14-4-2-3-5-16(14)22-19(20)25/h2-7,10H,8-9,11-12H2,1H3,(H,22,25)/t20-/m0/s1. The van der Waals surface area contributed by atoms with Gasteiger partial charge < -0.3 is 15.0 Å². The highest BCUT2D eigenvalue weighted by atomic mass is 35.5. The van der Waals surface area contributed by atoms with E-state index in [0.29, 0.717) is 30.3 Å². The van der Waals surface area contributed by atoms with Crippen molar-refractivity contribution in [3.05, 3.63) is 58.6 Å². The van der Waals surface area contributed by atoms with E-state index in [1.54, 1.807) is 24.1 Å². The minimum atomic E-state index is -0.621. The molecule has 0 aliphatic carbocycles. The molecule has 2 aromatic carbocycles. The molecule has 1 fully saturated rings. The van der Waals surface area contributed by atoms with Crippen LogP contribution < -0.4 is 10.1 Å². The molecule has 0 unspecified atom stereocenters. The number of likely N-dealkylation sites (tertiary alicyclic amines) is 1. The molecule has 2 aromatic rings. The number of rotatable bonds is 3. The van der Waals surface area contributed by atoms with Gasteiger partial charge in [-0.1, -0.05) is 35.9 Å². The highest BCUT2D eigenvalue weighted by Crippen LogP contribution is 2.44. The number of hydrogen-bond acceptors (Lipinski definition) is 3. The average Bonchev–Trinajstić information content (AvgIpc) is 3.19. The van der Waals surface area contributed by atoms with Crippen LogP contribution in [-0.4, -0.2) is 36.9 Å². The SMILES string of the molecule is COc1ccc(CC(=O)N2CC[C@@]3(C2)C(=O)Nc2ccccc23)cc1Cl. The highest BCUT2D eigenvalue weighted by Gasteiger charge is 2.51. The first-order chi connectivity index (χ1) is 12.5. The maximum Gasteiger partial charge on any atom is 0.236 e. The third-order valence-electron chi connectivity index (χ3n) is 5.32. The number of hydrogen-bond donors (Lipinski definition) is 1. The van der Waals surface area contributed by atoms with Crippen molar-refractivity contribution in [2.45, 2.75) is 18.3 Å². The molecule has 1 spiro atoms. The van der Waals surface area contributed by atoms with E-state index in [-0.39, 0.29) is 18.2 Å². The molecule has 134 valence electrons. The van der Waals surface area contributed by atoms with Gasteiger partial charge in [-0.05, 0) is 35.7 Å². The summed E-state index contributed by atoms with van der Waals surface area (Å²) in [6, 6.07) is 13.1. The third kappa shape index (κ3) is 2.63. The van der Waals surface area contributed by atoms with E-state index in [1.165, 1.54) is 0 Å². The van der Waals surface area contributed by atoms with Crippen LogP contribution in [0.5, 0.6) is 5.75 Å². The molecule has 1 atom stereocenters. The third-order valence-corrected chi connectivity index (χ3v) is 5.61. The first-order valence-corrected chi connectivity index (χ1v) is 8.92. The van der Waals surface area contributed by atoms with Gasteiger partial charge >= 0.3 is 0 Å². The van der Waals surface area contributed by atoms with Crippen molar-refractivity contribution in [3.8, 4) is 5.75 Å². The molecule has 0 bridgehead atoms. The van der Waals surface area contributed by atoms with Crippen LogP contribution in [-0.2, 0) is 21.4 Å². The number of carbonyl (C=O) groups is 2. The van der Waals surface area contributed by atoms with Gasteiger partial charge in [0.15, 0.2) is 0 Å². The van der Waals surface area contributed by atoms with E-state index >= 15 is 0 Å². The lowest BCUT2D eigenvalue weighted by atomic mass is 9.81. The van der Waals surface area contributed by atoms with E-state index < -0.39 is 5.41 Å². The van der Waals surface area contributed by atoms with Crippen LogP contribution in [0.15, 0.2) is 42.5 Å². The van der Waals surface area contributed by atoms with Crippen molar-refractivity contribution in [3.63, 3.8) is 0 Å². The molecule has 2 amide bonds. The summed E-state index contributed by atoms with van der Waals surface area (Å²) in [6.45, 7) is 0.989. The van der Waals surface area contributed by atoms with Crippen molar-refractivity contribution in [2.75, 3.05) is 25.5 Å². The topological polar surface area (TPSA) is 58.6 Å². The van der Waals surface area contributed by atoms with Crippen LogP contribution in [0.1, 0.15) is 17.5 Å². The highest BCUT2D eigenvalue weighted by molar-refractivity contribution is 6.32. The number of benzene rings is 2. The number of methoxy groups -OCH3 is 1. The van der Waals surface area contributed by atoms with E-state index in [9.17, 15) is 9.59 Å². The van der Waals surface area contributed by atoms with Crippen molar-refractivity contribution in [2.24, 2.45) is 0 Å². The van der Waals surface area contributed by atoms with E-state index in [0.717, 1.165) is 16.8 Å². The molecule has 6 heteroatoms. The summed E-state index contributed by atoms with van der Waals surface area (Å²) in [4.78, 5) is 27.2. The second kappa shape index (κ2) is 6.32. The predicted octanol–water partition coefficient (Wildman–Crippen LogP) is 3.01. The monoisotopic (exact) mass is 370 g/mol. The minimum absolute atomic E-state index is 0.000268. The quantitative estimate of drug-likeness (QED) is 0.903. The van der Waals surface area contributed by atoms with E-state index in [1.807, 2.05) is 30.3 Å². The average molecular weight is 371 g/mol. The van der Waals surface area contributed by atoms with Gasteiger partial charge in [0.1, 0.15) is 5.75 Å². The van der Waals surface area contributed by atoms with Crippen LogP contribution >= 0.6 is 11.6 Å². The Morgan fingerprint density at radius 3 is 2.88 bits per heavy atom. The maximum absolute atomic E-state index is 12.8. The number of para-hydroxylation sites is 1. The van der Waals surface area contributed by atoms with Gasteiger partial charge in [-0.3, -0.25) is 9.59 Å². The Hall–Kier alpha value is -2.53. The molecular weight excluding hydrogens is 352 g/mol. The molecule has 2 aliphatic heterocycles. The Morgan fingerprint density at radius 2 is 2.12 bits per heavy atom. The summed E-state index contributed by atoms with van der Waals surface area (Å²) in [5, 5.41) is 3.44. The largest absolute Gasteiger partial charge is 0.495 e. The van der Waals surface area contributed by atoms with E-state index in [2.05, 4.69) is 5.32 Å². The van der Waals surface area contributed by atoms with Gasteiger partial charge in [-0.2, -0.15) is 0 Å². The van der Waals surface area contributed by atoms with Gasteiger partial charge in [-0.25, -0.2) is 0 Å². The number of fused-ring (bicyclic) bond motifs is 2. The van der Waals surface area contributed by atoms with Crippen LogP contribution in [0.4, 0.5) is 5.69 Å². The second-order valence-corrected chi connectivity index (χ2v) is 7.20. The normalized spacial score (nSPS) is 21.0. The van der Waals surface area contributed by atoms with Crippen LogP contribution in [0.25, 0.3) is 0 Å². The van der Waals surface area contributed by atoms with Gasteiger partial charge in [0.25, 0.3) is 0 Å². The maximum atomic E-state index is 12.8. The first-order valence-electron chi connectivity index (χ1n) is 8.55. The number of nitrogens with one attached hydrogen (secondary N) is 1. The molecule has 1 saturated heterocycles. The zero-order valence-corrected chi connectivity index (χ0v) is 15.2. The van der Waals surface area contributed by atoms with Crippen LogP contribution in [0.2, 0.25) is 5.02 Å². The lowest BCUT2D eigenvalue weighted by Crippen LogP contribution is -2.39. The zero-order valence-electron chi connectivity index (χ0n) is 14.4. The van der Waals surface area contributed by atoms with Crippen molar-refractivity contribution in [1.29, 1.82) is 0 Å². The Bertz CT molecular complexity index is 898. The summed E-state index contributed by atoms with van der Waals surface area (Å²) >= 11 is 6.14. The number of carbonyl (C=O) groups excluding carboxylic acids is 2.